The van der Waals surface area contributed by atoms with E-state index < -0.39 is 75.1 Å². The Bertz CT molecular complexity index is 1470. The zero-order valence-corrected chi connectivity index (χ0v) is 47.5. The molecule has 0 aliphatic rings. The molecule has 0 heterocycles. The average molecular weight is 1090 g/mol. The summed E-state index contributed by atoms with van der Waals surface area (Å²) in [5.74, 6) is -5.54. The molecule has 0 aromatic heterocycles. The topological polar surface area (TPSA) is 262 Å². The summed E-state index contributed by atoms with van der Waals surface area (Å²) in [4.78, 5) is 46.8. The first-order valence-electron chi connectivity index (χ1n) is 23.6. The number of rotatable bonds is 33. The van der Waals surface area contributed by atoms with Crippen molar-refractivity contribution in [1.82, 2.24) is 4.90 Å². The second-order valence-corrected chi connectivity index (χ2v) is 17.9. The minimum atomic E-state index is -6.15. The second-order valence-electron chi connectivity index (χ2n) is 14.6. The number of hydrogen-bond donors (Lipinski definition) is 2. The Morgan fingerprint density at radius 3 is 1.13 bits per heavy atom. The van der Waals surface area contributed by atoms with E-state index in [4.69, 9.17) is 22.0 Å². The molecule has 0 bridgehead atoms. The van der Waals surface area contributed by atoms with Gasteiger partial charge >= 0.3 is 58.0 Å². The minimum Gasteiger partial charge on any atom is -0.743 e. The maximum atomic E-state index is 12.8. The van der Waals surface area contributed by atoms with Gasteiger partial charge in [0.25, 0.3) is 0 Å². The summed E-state index contributed by atoms with van der Waals surface area (Å²) in [6.07, 6.45) is 19.2. The van der Waals surface area contributed by atoms with Gasteiger partial charge in [-0.25, -0.2) is 26.4 Å². The van der Waals surface area contributed by atoms with Crippen LogP contribution in [0.25, 0.3) is 0 Å². The number of nitrogens with one attached hydrogen (secondary N) is 1. The first kappa shape index (κ1) is 85.1. The third-order valence-corrected chi connectivity index (χ3v) is 11.1. The van der Waals surface area contributed by atoms with E-state index in [2.05, 4.69) is 74.5 Å². The third kappa shape index (κ3) is 55.6. The molecule has 0 fully saturated rings. The van der Waals surface area contributed by atoms with Crippen LogP contribution in [0.3, 0.4) is 0 Å². The quantitative estimate of drug-likeness (QED) is 0.0164. The monoisotopic (exact) mass is 1090 g/mol. The van der Waals surface area contributed by atoms with Gasteiger partial charge in [0.2, 0.25) is 5.24 Å². The van der Waals surface area contributed by atoms with Crippen LogP contribution in [0.2, 0.25) is 0 Å². The van der Waals surface area contributed by atoms with Crippen LogP contribution >= 0.6 is 11.6 Å². The van der Waals surface area contributed by atoms with Crippen molar-refractivity contribution >= 4 is 55.0 Å². The molecule has 70 heavy (non-hydrogen) atoms. The SMILES string of the molecule is C.CC#N.CCCCCCCCCCC(=O)Cl.CCCCCCCCCCC(=O)OCCOC(=O)C(F)(F)S(=O)(=O)[O-].CCN(CC)CC.CC[NH+](CC)CC.O=C(OCCO)C(F)(F)S(=O)(=O)[O-].[Na+]. The number of aliphatic hydroxyl groups is 1. The number of carbonyl (C=O) groups is 4. The second kappa shape index (κ2) is 56.6. The molecule has 0 aromatic rings. The molecular formula is C45H89ClF4N3NaO14S2. The van der Waals surface area contributed by atoms with Gasteiger partial charge in [0.1, 0.15) is 19.8 Å². The predicted octanol–water partition coefficient (Wildman–Crippen LogP) is 5.13. The molecule has 0 radical (unpaired) electrons. The van der Waals surface area contributed by atoms with Crippen molar-refractivity contribution in [3.8, 4) is 6.07 Å². The molecule has 25 heteroatoms. The Kier molecular flexibility index (Phi) is 68.7. The standard InChI is InChI=1S/C15H26F2O7S.C11H21ClO.2C6H15N.C4H6F2O6S.C2H3N.CH4.Na/c1-2-3-4-5-6-7-8-9-10-13(18)23-11-12-24-14(19)15(16,17)25(20,21)22;1-2-3-4-5-6-7-8-9-10-11(12)13;2*1-4-7(5-2)6-3;5-4(6,13(9,10)11)3(8)12-2-1-7;1-2-3;;/h2-12H2,1H3,(H,20,21,22);2-10H2,1H3;2*4-6H2,1-3H3;7H,1-2H2,(H,9,10,11);1H3;1H4;/q;;;;;;;+1/p-1. The first-order chi connectivity index (χ1) is 31.7. The molecule has 416 valence electrons. The van der Waals surface area contributed by atoms with E-state index in [1.165, 1.54) is 110 Å². The number of carbonyl (C=O) groups excluding carboxylic acids is 4. The van der Waals surface area contributed by atoms with Crippen molar-refractivity contribution in [3.63, 3.8) is 0 Å². The largest absolute Gasteiger partial charge is 1.00 e. The predicted molar refractivity (Wildman–Crippen MR) is 259 cm³/mol. The summed E-state index contributed by atoms with van der Waals surface area (Å²) >= 11 is 5.22. The number of ether oxygens (including phenoxy) is 3. The Morgan fingerprint density at radius 2 is 0.886 bits per heavy atom. The molecule has 17 nitrogen and oxygen atoms in total. The van der Waals surface area contributed by atoms with Gasteiger partial charge in [0.15, 0.2) is 20.2 Å². The van der Waals surface area contributed by atoms with Crippen molar-refractivity contribution in [2.75, 3.05) is 65.7 Å². The smallest absolute Gasteiger partial charge is 0.743 e. The van der Waals surface area contributed by atoms with Crippen LogP contribution in [-0.2, 0) is 53.6 Å². The number of nitriles is 1. The number of esters is 3. The van der Waals surface area contributed by atoms with Gasteiger partial charge in [-0.2, -0.15) is 22.8 Å². The zero-order chi connectivity index (χ0) is 54.1. The summed E-state index contributed by atoms with van der Waals surface area (Å²) in [6, 6.07) is 1.75. The van der Waals surface area contributed by atoms with Gasteiger partial charge in [-0.05, 0) is 64.8 Å². The maximum Gasteiger partial charge on any atom is 1.00 e. The number of alkyl halides is 4. The van der Waals surface area contributed by atoms with Crippen molar-refractivity contribution in [2.45, 2.75) is 196 Å². The van der Waals surface area contributed by atoms with Crippen molar-refractivity contribution in [2.24, 2.45) is 0 Å². The molecule has 0 aliphatic carbocycles. The molecule has 0 unspecified atom stereocenters. The van der Waals surface area contributed by atoms with E-state index in [1.807, 2.05) is 0 Å². The fourth-order valence-electron chi connectivity index (χ4n) is 5.09. The number of halogens is 5. The summed E-state index contributed by atoms with van der Waals surface area (Å²) in [5, 5.41) is 4.90. The van der Waals surface area contributed by atoms with Crippen molar-refractivity contribution in [1.29, 1.82) is 5.26 Å². The normalized spacial score (nSPS) is 10.7. The van der Waals surface area contributed by atoms with Crippen LogP contribution in [0, 0.1) is 11.3 Å². The van der Waals surface area contributed by atoms with Gasteiger partial charge in [-0.3, -0.25) is 9.59 Å². The first-order valence-corrected chi connectivity index (χ1v) is 26.8. The van der Waals surface area contributed by atoms with Crippen LogP contribution in [0.1, 0.15) is 185 Å². The van der Waals surface area contributed by atoms with Gasteiger partial charge in [-0.15, -0.1) is 0 Å². The van der Waals surface area contributed by atoms with E-state index in [9.17, 15) is 62.7 Å². The van der Waals surface area contributed by atoms with E-state index in [0.717, 1.165) is 32.1 Å². The summed E-state index contributed by atoms with van der Waals surface area (Å²) in [7, 11) is -12.2. The van der Waals surface area contributed by atoms with Crippen LogP contribution in [0.4, 0.5) is 17.6 Å². The zero-order valence-electron chi connectivity index (χ0n) is 43.2. The van der Waals surface area contributed by atoms with Crippen LogP contribution in [-0.4, -0.2) is 135 Å². The molecular weight excluding hydrogens is 1010 g/mol. The molecule has 0 saturated carbocycles. The molecule has 0 aromatic carbocycles. The molecule has 0 rings (SSSR count). The van der Waals surface area contributed by atoms with E-state index in [0.29, 0.717) is 12.8 Å². The van der Waals surface area contributed by atoms with E-state index in [-0.39, 0.29) is 48.6 Å². The number of hydrogen-bond acceptors (Lipinski definition) is 16. The van der Waals surface area contributed by atoms with Crippen LogP contribution in [0.5, 0.6) is 0 Å². The summed E-state index contributed by atoms with van der Waals surface area (Å²) < 4.78 is 122. The number of nitrogens with zero attached hydrogens (tertiary/aromatic N) is 2. The molecule has 0 spiro atoms. The van der Waals surface area contributed by atoms with Gasteiger partial charge in [0, 0.05) is 19.8 Å². The maximum absolute atomic E-state index is 12.8. The summed E-state index contributed by atoms with van der Waals surface area (Å²) in [5.41, 5.74) is 0. The fourth-order valence-corrected chi connectivity index (χ4v) is 5.75. The van der Waals surface area contributed by atoms with Crippen LogP contribution < -0.4 is 34.5 Å². The molecule has 2 N–H and O–H groups in total. The fraction of sp³-hybridized carbons (Fsp3) is 0.889. The Hall–Kier alpha value is -1.72. The Morgan fingerprint density at radius 1 is 0.600 bits per heavy atom. The average Bonchev–Trinajstić information content (AvgIpc) is 3.27. The molecule has 0 saturated heterocycles. The number of quaternary nitrogens is 1. The third-order valence-electron chi connectivity index (χ3n) is 9.31. The minimum absolute atomic E-state index is 0. The van der Waals surface area contributed by atoms with Gasteiger partial charge in [-0.1, -0.05) is 132 Å². The van der Waals surface area contributed by atoms with Gasteiger partial charge < -0.3 is 38.2 Å². The van der Waals surface area contributed by atoms with Gasteiger partial charge in [0.05, 0.1) is 32.3 Å². The van der Waals surface area contributed by atoms with E-state index in [1.54, 1.807) is 11.0 Å². The number of aliphatic hydroxyl groups excluding tert-OH is 1. The Labute approximate surface area is 446 Å². The van der Waals surface area contributed by atoms with E-state index >= 15 is 0 Å². The Balaban J connectivity index is -0.000000121. The molecule has 0 amide bonds. The number of unbranched alkanes of at least 4 members (excludes halogenated alkanes) is 14. The molecule has 0 atom stereocenters. The van der Waals surface area contributed by atoms with Crippen LogP contribution in [0.15, 0.2) is 0 Å². The summed E-state index contributed by atoms with van der Waals surface area (Å²) in [6.45, 7) is 23.6. The van der Waals surface area contributed by atoms with Crippen molar-refractivity contribution < 1.29 is 116 Å². The molecule has 0 aliphatic heterocycles. The van der Waals surface area contributed by atoms with Crippen molar-refractivity contribution in [3.05, 3.63) is 0 Å².